The zero-order valence-corrected chi connectivity index (χ0v) is 12.6. The normalized spacial score (nSPS) is 21.9. The SMILES string of the molecule is O=C(c1ccsc1)N1CCC(Cc2nc(C3CC3)n[nH]2)C1. The lowest BCUT2D eigenvalue weighted by molar-refractivity contribution is 0.0787. The summed E-state index contributed by atoms with van der Waals surface area (Å²) in [6.45, 7) is 1.68. The summed E-state index contributed by atoms with van der Waals surface area (Å²) >= 11 is 1.57. The number of aromatic amines is 1. The van der Waals surface area contributed by atoms with Crippen molar-refractivity contribution >= 4 is 17.2 Å². The maximum Gasteiger partial charge on any atom is 0.254 e. The van der Waals surface area contributed by atoms with E-state index in [1.165, 1.54) is 12.8 Å². The zero-order chi connectivity index (χ0) is 14.2. The van der Waals surface area contributed by atoms with Crippen LogP contribution in [0.2, 0.25) is 0 Å². The van der Waals surface area contributed by atoms with Gasteiger partial charge in [-0.2, -0.15) is 16.4 Å². The van der Waals surface area contributed by atoms with Crippen LogP contribution in [0.25, 0.3) is 0 Å². The van der Waals surface area contributed by atoms with Crippen molar-refractivity contribution in [2.45, 2.75) is 31.6 Å². The zero-order valence-electron chi connectivity index (χ0n) is 11.8. The van der Waals surface area contributed by atoms with Gasteiger partial charge in [-0.3, -0.25) is 9.89 Å². The van der Waals surface area contributed by atoms with E-state index in [1.54, 1.807) is 11.3 Å². The van der Waals surface area contributed by atoms with Gasteiger partial charge in [0.05, 0.1) is 5.56 Å². The number of amides is 1. The fourth-order valence-electron chi connectivity index (χ4n) is 2.95. The number of thiophene rings is 1. The molecular weight excluding hydrogens is 284 g/mol. The maximum absolute atomic E-state index is 12.3. The lowest BCUT2D eigenvalue weighted by Gasteiger charge is -2.15. The fraction of sp³-hybridized carbons (Fsp3) is 0.533. The molecule has 2 aliphatic rings. The van der Waals surface area contributed by atoms with Gasteiger partial charge in [-0.05, 0) is 36.6 Å². The third kappa shape index (κ3) is 2.72. The second-order valence-corrected chi connectivity index (χ2v) is 6.82. The molecule has 4 rings (SSSR count). The molecule has 1 aliphatic heterocycles. The largest absolute Gasteiger partial charge is 0.338 e. The van der Waals surface area contributed by atoms with Gasteiger partial charge in [-0.1, -0.05) is 0 Å². The summed E-state index contributed by atoms with van der Waals surface area (Å²) in [4.78, 5) is 18.9. The molecule has 1 amide bonds. The summed E-state index contributed by atoms with van der Waals surface area (Å²) in [6, 6.07) is 1.90. The lowest BCUT2D eigenvalue weighted by Crippen LogP contribution is -2.28. The van der Waals surface area contributed by atoms with E-state index in [9.17, 15) is 4.79 Å². The van der Waals surface area contributed by atoms with Gasteiger partial charge in [-0.15, -0.1) is 0 Å². The molecule has 1 aliphatic carbocycles. The van der Waals surface area contributed by atoms with Crippen molar-refractivity contribution in [3.05, 3.63) is 34.0 Å². The average Bonchev–Trinajstić information content (AvgIpc) is 2.96. The molecule has 21 heavy (non-hydrogen) atoms. The summed E-state index contributed by atoms with van der Waals surface area (Å²) < 4.78 is 0. The Bertz CT molecular complexity index is 632. The topological polar surface area (TPSA) is 61.9 Å². The van der Waals surface area contributed by atoms with Gasteiger partial charge in [0.2, 0.25) is 0 Å². The average molecular weight is 302 g/mol. The first kappa shape index (κ1) is 13.0. The van der Waals surface area contributed by atoms with Crippen molar-refractivity contribution in [1.29, 1.82) is 0 Å². The highest BCUT2D eigenvalue weighted by molar-refractivity contribution is 7.08. The number of H-pyrrole nitrogens is 1. The number of nitrogens with one attached hydrogen (secondary N) is 1. The van der Waals surface area contributed by atoms with E-state index in [0.717, 1.165) is 43.1 Å². The summed E-state index contributed by atoms with van der Waals surface area (Å²) in [5, 5.41) is 11.2. The van der Waals surface area contributed by atoms with Crippen molar-refractivity contribution in [1.82, 2.24) is 20.1 Å². The number of carbonyl (C=O) groups is 1. The number of hydrogen-bond acceptors (Lipinski definition) is 4. The first-order chi connectivity index (χ1) is 10.3. The van der Waals surface area contributed by atoms with E-state index in [1.807, 2.05) is 21.7 Å². The van der Waals surface area contributed by atoms with E-state index in [0.29, 0.717) is 11.8 Å². The van der Waals surface area contributed by atoms with Gasteiger partial charge in [0.25, 0.3) is 5.91 Å². The fourth-order valence-corrected chi connectivity index (χ4v) is 3.58. The maximum atomic E-state index is 12.3. The summed E-state index contributed by atoms with van der Waals surface area (Å²) in [6.07, 6.45) is 4.40. The van der Waals surface area contributed by atoms with Gasteiger partial charge >= 0.3 is 0 Å². The Balaban J connectivity index is 1.36. The minimum Gasteiger partial charge on any atom is -0.338 e. The number of carbonyl (C=O) groups excluding carboxylic acids is 1. The second kappa shape index (κ2) is 5.26. The molecule has 1 N–H and O–H groups in total. The molecule has 0 aromatic carbocycles. The number of likely N-dealkylation sites (tertiary alicyclic amines) is 1. The van der Waals surface area contributed by atoms with Crippen LogP contribution in [-0.2, 0) is 6.42 Å². The van der Waals surface area contributed by atoms with Gasteiger partial charge in [-0.25, -0.2) is 4.98 Å². The summed E-state index contributed by atoms with van der Waals surface area (Å²) in [5.41, 5.74) is 0.816. The standard InChI is InChI=1S/C15H18N4OS/c20-15(12-4-6-21-9-12)19-5-3-10(8-19)7-13-16-14(18-17-13)11-1-2-11/h4,6,9-11H,1-3,5,7-8H2,(H,16,17,18). The van der Waals surface area contributed by atoms with Crippen molar-refractivity contribution in [2.75, 3.05) is 13.1 Å². The summed E-state index contributed by atoms with van der Waals surface area (Å²) in [5.74, 6) is 3.21. The molecule has 2 fully saturated rings. The van der Waals surface area contributed by atoms with Gasteiger partial charge in [0.1, 0.15) is 5.82 Å². The molecule has 1 saturated carbocycles. The molecule has 1 saturated heterocycles. The predicted molar refractivity (Wildman–Crippen MR) is 80.4 cm³/mol. The molecular formula is C15H18N4OS. The molecule has 0 radical (unpaired) electrons. The highest BCUT2D eigenvalue weighted by atomic mass is 32.1. The van der Waals surface area contributed by atoms with Crippen molar-refractivity contribution in [2.24, 2.45) is 5.92 Å². The van der Waals surface area contributed by atoms with Crippen LogP contribution in [0.1, 0.15) is 47.2 Å². The minimum atomic E-state index is 0.162. The smallest absolute Gasteiger partial charge is 0.254 e. The first-order valence-corrected chi connectivity index (χ1v) is 8.46. The van der Waals surface area contributed by atoms with E-state index in [2.05, 4.69) is 15.2 Å². The van der Waals surface area contributed by atoms with Gasteiger partial charge in [0.15, 0.2) is 5.82 Å². The Morgan fingerprint density at radius 2 is 2.33 bits per heavy atom. The third-order valence-electron chi connectivity index (χ3n) is 4.31. The Morgan fingerprint density at radius 3 is 3.10 bits per heavy atom. The lowest BCUT2D eigenvalue weighted by atomic mass is 10.1. The molecule has 110 valence electrons. The third-order valence-corrected chi connectivity index (χ3v) is 5.00. The molecule has 0 bridgehead atoms. The van der Waals surface area contributed by atoms with Crippen molar-refractivity contribution in [3.8, 4) is 0 Å². The highest BCUT2D eigenvalue weighted by Gasteiger charge is 2.30. The molecule has 1 unspecified atom stereocenters. The molecule has 2 aromatic heterocycles. The van der Waals surface area contributed by atoms with E-state index >= 15 is 0 Å². The second-order valence-electron chi connectivity index (χ2n) is 6.04. The molecule has 5 nitrogen and oxygen atoms in total. The molecule has 3 heterocycles. The number of rotatable bonds is 4. The van der Waals surface area contributed by atoms with Crippen LogP contribution in [0.4, 0.5) is 0 Å². The molecule has 1 atom stereocenters. The number of aromatic nitrogens is 3. The first-order valence-electron chi connectivity index (χ1n) is 7.52. The van der Waals surface area contributed by atoms with Crippen LogP contribution in [0.3, 0.4) is 0 Å². The Hall–Kier alpha value is -1.69. The van der Waals surface area contributed by atoms with Crippen molar-refractivity contribution < 1.29 is 4.79 Å². The van der Waals surface area contributed by atoms with Gasteiger partial charge < -0.3 is 4.90 Å². The highest BCUT2D eigenvalue weighted by Crippen LogP contribution is 2.37. The molecule has 2 aromatic rings. The van der Waals surface area contributed by atoms with Crippen LogP contribution in [0.15, 0.2) is 16.8 Å². The van der Waals surface area contributed by atoms with E-state index < -0.39 is 0 Å². The number of hydrogen-bond donors (Lipinski definition) is 1. The Morgan fingerprint density at radius 1 is 1.43 bits per heavy atom. The quantitative estimate of drug-likeness (QED) is 0.943. The van der Waals surface area contributed by atoms with Crippen LogP contribution in [0.5, 0.6) is 0 Å². The predicted octanol–water partition coefficient (Wildman–Crippen LogP) is 2.45. The van der Waals surface area contributed by atoms with Gasteiger partial charge in [0, 0.05) is 30.8 Å². The van der Waals surface area contributed by atoms with E-state index in [4.69, 9.17) is 0 Å². The van der Waals surface area contributed by atoms with Crippen LogP contribution < -0.4 is 0 Å². The van der Waals surface area contributed by atoms with Crippen LogP contribution in [-0.4, -0.2) is 39.1 Å². The van der Waals surface area contributed by atoms with Crippen LogP contribution in [0, 0.1) is 5.92 Å². The monoisotopic (exact) mass is 302 g/mol. The molecule has 6 heteroatoms. The Labute approximate surface area is 127 Å². The number of nitrogens with zero attached hydrogens (tertiary/aromatic N) is 3. The minimum absolute atomic E-state index is 0.162. The van der Waals surface area contributed by atoms with Crippen LogP contribution >= 0.6 is 11.3 Å². The summed E-state index contributed by atoms with van der Waals surface area (Å²) in [7, 11) is 0. The van der Waals surface area contributed by atoms with Crippen molar-refractivity contribution in [3.63, 3.8) is 0 Å². The molecule has 0 spiro atoms. The Kier molecular flexibility index (Phi) is 3.25. The van der Waals surface area contributed by atoms with E-state index in [-0.39, 0.29) is 5.91 Å².